The van der Waals surface area contributed by atoms with E-state index in [1.54, 1.807) is 18.0 Å². The van der Waals surface area contributed by atoms with Crippen LogP contribution in [0.4, 0.5) is 0 Å². The van der Waals surface area contributed by atoms with Crippen molar-refractivity contribution in [2.75, 3.05) is 7.11 Å². The van der Waals surface area contributed by atoms with Gasteiger partial charge >= 0.3 is 0 Å². The number of methoxy groups -OCH3 is 1. The average molecular weight is 388 g/mol. The fourth-order valence-corrected chi connectivity index (χ4v) is 3.96. The lowest BCUT2D eigenvalue weighted by Gasteiger charge is -2.33. The molecular weight excluding hydrogens is 364 g/mol. The van der Waals surface area contributed by atoms with Crippen LogP contribution in [0.3, 0.4) is 0 Å². The Labute approximate surface area is 162 Å². The van der Waals surface area contributed by atoms with Crippen molar-refractivity contribution in [2.24, 2.45) is 7.05 Å². The minimum absolute atomic E-state index is 0.00462. The highest BCUT2D eigenvalue weighted by Gasteiger charge is 2.32. The molecular formula is C19H24N4O3S. The topological polar surface area (TPSA) is 85.2 Å². The molecule has 0 spiro atoms. The first-order valence-corrected chi connectivity index (χ1v) is 9.73. The summed E-state index contributed by atoms with van der Waals surface area (Å²) in [5.74, 6) is 0.731. The summed E-state index contributed by atoms with van der Waals surface area (Å²) < 4.78 is 6.85. The van der Waals surface area contributed by atoms with E-state index in [-0.39, 0.29) is 29.1 Å². The second-order valence-electron chi connectivity index (χ2n) is 6.58. The summed E-state index contributed by atoms with van der Waals surface area (Å²) in [4.78, 5) is 25.6. The SMILES string of the molecule is COc1ccc(S[C@H](C)C(=O)N[C@H]2CCC(=O)N[C@H]2c2cnn(C)c2)cc1. The van der Waals surface area contributed by atoms with Crippen LogP contribution in [0.1, 0.15) is 31.4 Å². The van der Waals surface area contributed by atoms with Crippen molar-refractivity contribution < 1.29 is 14.3 Å². The van der Waals surface area contributed by atoms with Crippen molar-refractivity contribution in [2.45, 2.75) is 42.0 Å². The minimum Gasteiger partial charge on any atom is -0.497 e. The molecule has 1 aromatic heterocycles. The zero-order valence-electron chi connectivity index (χ0n) is 15.6. The summed E-state index contributed by atoms with van der Waals surface area (Å²) in [6.07, 6.45) is 4.61. The van der Waals surface area contributed by atoms with Gasteiger partial charge in [0.25, 0.3) is 0 Å². The normalized spacial score (nSPS) is 20.6. The van der Waals surface area contributed by atoms with Gasteiger partial charge < -0.3 is 15.4 Å². The van der Waals surface area contributed by atoms with Gasteiger partial charge in [-0.3, -0.25) is 14.3 Å². The number of carbonyl (C=O) groups is 2. The van der Waals surface area contributed by atoms with Crippen LogP contribution >= 0.6 is 11.8 Å². The predicted octanol–water partition coefficient (Wildman–Crippen LogP) is 2.05. The lowest BCUT2D eigenvalue weighted by atomic mass is 9.93. The molecule has 1 fully saturated rings. The lowest BCUT2D eigenvalue weighted by molar-refractivity contribution is -0.126. The number of aryl methyl sites for hydroxylation is 1. The van der Waals surface area contributed by atoms with Crippen molar-refractivity contribution >= 4 is 23.6 Å². The van der Waals surface area contributed by atoms with Gasteiger partial charge in [-0.2, -0.15) is 5.10 Å². The predicted molar refractivity (Wildman–Crippen MR) is 104 cm³/mol. The number of benzene rings is 1. The number of hydrogen-bond donors (Lipinski definition) is 2. The smallest absolute Gasteiger partial charge is 0.233 e. The fourth-order valence-electron chi connectivity index (χ4n) is 3.08. The quantitative estimate of drug-likeness (QED) is 0.740. The Balaban J connectivity index is 1.64. The first-order chi connectivity index (χ1) is 13.0. The third-order valence-electron chi connectivity index (χ3n) is 4.55. The molecule has 27 heavy (non-hydrogen) atoms. The van der Waals surface area contributed by atoms with Crippen LogP contribution in [0.25, 0.3) is 0 Å². The third-order valence-corrected chi connectivity index (χ3v) is 5.67. The van der Waals surface area contributed by atoms with Crippen LogP contribution in [0, 0.1) is 0 Å². The molecule has 0 saturated carbocycles. The molecule has 144 valence electrons. The average Bonchev–Trinajstić information content (AvgIpc) is 3.10. The van der Waals surface area contributed by atoms with E-state index in [4.69, 9.17) is 4.74 Å². The second kappa shape index (κ2) is 8.47. The lowest BCUT2D eigenvalue weighted by Crippen LogP contribution is -2.51. The van der Waals surface area contributed by atoms with E-state index in [1.807, 2.05) is 44.4 Å². The number of nitrogens with one attached hydrogen (secondary N) is 2. The van der Waals surface area contributed by atoms with Gasteiger partial charge in [0, 0.05) is 30.1 Å². The van der Waals surface area contributed by atoms with Crippen LogP contribution in [0.2, 0.25) is 0 Å². The van der Waals surface area contributed by atoms with E-state index >= 15 is 0 Å². The maximum atomic E-state index is 12.7. The van der Waals surface area contributed by atoms with E-state index in [0.29, 0.717) is 12.8 Å². The van der Waals surface area contributed by atoms with Gasteiger partial charge in [-0.25, -0.2) is 0 Å². The molecule has 8 heteroatoms. The van der Waals surface area contributed by atoms with Crippen LogP contribution < -0.4 is 15.4 Å². The van der Waals surface area contributed by atoms with E-state index in [2.05, 4.69) is 15.7 Å². The molecule has 2 amide bonds. The van der Waals surface area contributed by atoms with Crippen molar-refractivity contribution in [1.82, 2.24) is 20.4 Å². The molecule has 1 aliphatic rings. The highest BCUT2D eigenvalue weighted by atomic mass is 32.2. The number of nitrogens with zero attached hydrogens (tertiary/aromatic N) is 2. The number of amides is 2. The summed E-state index contributed by atoms with van der Waals surface area (Å²) in [7, 11) is 3.45. The zero-order valence-corrected chi connectivity index (χ0v) is 16.5. The zero-order chi connectivity index (χ0) is 19.4. The monoisotopic (exact) mass is 388 g/mol. The number of aromatic nitrogens is 2. The van der Waals surface area contributed by atoms with Gasteiger partial charge in [0.05, 0.1) is 30.6 Å². The van der Waals surface area contributed by atoms with Crippen LogP contribution in [0.5, 0.6) is 5.75 Å². The number of rotatable bonds is 6. The number of piperidine rings is 1. The van der Waals surface area contributed by atoms with Crippen molar-refractivity contribution in [3.8, 4) is 5.75 Å². The largest absolute Gasteiger partial charge is 0.497 e. The molecule has 0 bridgehead atoms. The minimum atomic E-state index is -0.262. The third kappa shape index (κ3) is 4.82. The highest BCUT2D eigenvalue weighted by Crippen LogP contribution is 2.27. The number of thioether (sulfide) groups is 1. The van der Waals surface area contributed by atoms with Crippen LogP contribution in [-0.2, 0) is 16.6 Å². The summed E-state index contributed by atoms with van der Waals surface area (Å²) in [6, 6.07) is 7.21. The maximum absolute atomic E-state index is 12.7. The molecule has 7 nitrogen and oxygen atoms in total. The maximum Gasteiger partial charge on any atom is 0.233 e. The number of carbonyl (C=O) groups excluding carboxylic acids is 2. The Kier molecular flexibility index (Phi) is 6.05. The standard InChI is InChI=1S/C19H24N4O3S/c1-12(27-15-6-4-14(26-3)5-7-15)19(25)21-16-8-9-17(24)22-18(16)13-10-20-23(2)11-13/h4-7,10-12,16,18H,8-9H2,1-3H3,(H,21,25)(H,22,24)/t12-,16+,18+/m1/s1. The Hall–Kier alpha value is -2.48. The summed E-state index contributed by atoms with van der Waals surface area (Å²) >= 11 is 1.49. The van der Waals surface area contributed by atoms with E-state index in [9.17, 15) is 9.59 Å². The molecule has 2 N–H and O–H groups in total. The molecule has 3 atom stereocenters. The van der Waals surface area contributed by atoms with Gasteiger partial charge in [0.1, 0.15) is 5.75 Å². The molecule has 1 aromatic carbocycles. The molecule has 2 heterocycles. The first kappa shape index (κ1) is 19.3. The first-order valence-electron chi connectivity index (χ1n) is 8.85. The van der Waals surface area contributed by atoms with Gasteiger partial charge in [-0.1, -0.05) is 0 Å². The van der Waals surface area contributed by atoms with E-state index < -0.39 is 0 Å². The Morgan fingerprint density at radius 3 is 2.78 bits per heavy atom. The molecule has 3 rings (SSSR count). The van der Waals surface area contributed by atoms with Crippen LogP contribution in [-0.4, -0.2) is 40.0 Å². The second-order valence-corrected chi connectivity index (χ2v) is 8.00. The Morgan fingerprint density at radius 1 is 1.41 bits per heavy atom. The van der Waals surface area contributed by atoms with E-state index in [1.165, 1.54) is 11.8 Å². The summed E-state index contributed by atoms with van der Waals surface area (Å²) in [6.45, 7) is 1.88. The molecule has 0 aliphatic carbocycles. The van der Waals surface area contributed by atoms with Crippen molar-refractivity contribution in [3.05, 3.63) is 42.2 Å². The van der Waals surface area contributed by atoms with E-state index in [0.717, 1.165) is 16.2 Å². The Bertz CT molecular complexity index is 806. The summed E-state index contributed by atoms with van der Waals surface area (Å²) in [5, 5.41) is 9.99. The van der Waals surface area contributed by atoms with Gasteiger partial charge in [0.15, 0.2) is 0 Å². The van der Waals surface area contributed by atoms with Gasteiger partial charge in [-0.05, 0) is 37.6 Å². The highest BCUT2D eigenvalue weighted by molar-refractivity contribution is 8.00. The Morgan fingerprint density at radius 2 is 2.15 bits per heavy atom. The molecule has 1 saturated heterocycles. The number of hydrogen-bond acceptors (Lipinski definition) is 5. The molecule has 1 aliphatic heterocycles. The van der Waals surface area contributed by atoms with Crippen molar-refractivity contribution in [3.63, 3.8) is 0 Å². The molecule has 0 radical (unpaired) electrons. The molecule has 2 aromatic rings. The number of ether oxygens (including phenoxy) is 1. The van der Waals surface area contributed by atoms with Crippen LogP contribution in [0.15, 0.2) is 41.6 Å². The molecule has 0 unspecified atom stereocenters. The summed E-state index contributed by atoms with van der Waals surface area (Å²) in [5.41, 5.74) is 0.895. The van der Waals surface area contributed by atoms with Gasteiger partial charge in [-0.15, -0.1) is 11.8 Å². The fraction of sp³-hybridized carbons (Fsp3) is 0.421. The van der Waals surface area contributed by atoms with Gasteiger partial charge in [0.2, 0.25) is 11.8 Å². The van der Waals surface area contributed by atoms with Crippen molar-refractivity contribution in [1.29, 1.82) is 0 Å².